The largest absolute Gasteiger partial charge is 0.495 e. The minimum absolute atomic E-state index is 0.0435. The Balaban J connectivity index is 2.70. The second-order valence-corrected chi connectivity index (χ2v) is 4.33. The van der Waals surface area contributed by atoms with Gasteiger partial charge in [0.15, 0.2) is 0 Å². The molecule has 0 fully saturated rings. The summed E-state index contributed by atoms with van der Waals surface area (Å²) in [7, 11) is 3.07. The van der Waals surface area contributed by atoms with Gasteiger partial charge in [0.1, 0.15) is 17.4 Å². The van der Waals surface area contributed by atoms with Crippen molar-refractivity contribution in [1.29, 1.82) is 5.26 Å². The molecule has 0 aromatic heterocycles. The van der Waals surface area contributed by atoms with Crippen molar-refractivity contribution < 1.29 is 14.3 Å². The van der Waals surface area contributed by atoms with E-state index in [-0.39, 0.29) is 5.57 Å². The third kappa shape index (κ3) is 5.34. The van der Waals surface area contributed by atoms with Crippen molar-refractivity contribution in [2.45, 2.75) is 0 Å². The second kappa shape index (κ2) is 8.84. The zero-order valence-electron chi connectivity index (χ0n) is 11.8. The third-order valence-corrected chi connectivity index (χ3v) is 2.77. The quantitative estimate of drug-likeness (QED) is 0.457. The third-order valence-electron chi connectivity index (χ3n) is 2.47. The number of nitriles is 1. The van der Waals surface area contributed by atoms with E-state index >= 15 is 0 Å². The number of benzene rings is 1. The Morgan fingerprint density at radius 3 is 2.81 bits per heavy atom. The number of ether oxygens (including phenoxy) is 2. The van der Waals surface area contributed by atoms with Crippen LogP contribution in [0.2, 0.25) is 5.02 Å². The summed E-state index contributed by atoms with van der Waals surface area (Å²) >= 11 is 5.96. The summed E-state index contributed by atoms with van der Waals surface area (Å²) in [5.41, 5.74) is 0.432. The fraction of sp³-hybridized carbons (Fsp3) is 0.286. The van der Waals surface area contributed by atoms with E-state index in [1.807, 2.05) is 6.07 Å². The van der Waals surface area contributed by atoms with Gasteiger partial charge in [-0.2, -0.15) is 5.26 Å². The second-order valence-electron chi connectivity index (χ2n) is 3.92. The van der Waals surface area contributed by atoms with Crippen LogP contribution in [-0.2, 0) is 9.53 Å². The minimum Gasteiger partial charge on any atom is -0.495 e. The molecule has 0 atom stereocenters. The van der Waals surface area contributed by atoms with Gasteiger partial charge >= 0.3 is 0 Å². The molecular weight excluding hydrogens is 294 g/mol. The van der Waals surface area contributed by atoms with E-state index < -0.39 is 5.91 Å². The first kappa shape index (κ1) is 16.8. The van der Waals surface area contributed by atoms with Gasteiger partial charge in [0.25, 0.3) is 5.91 Å². The van der Waals surface area contributed by atoms with E-state index in [9.17, 15) is 4.79 Å². The van der Waals surface area contributed by atoms with Crippen LogP contribution in [0.15, 0.2) is 30.0 Å². The highest BCUT2D eigenvalue weighted by molar-refractivity contribution is 6.32. The van der Waals surface area contributed by atoms with E-state index in [0.29, 0.717) is 29.6 Å². The molecule has 0 saturated carbocycles. The van der Waals surface area contributed by atoms with Crippen molar-refractivity contribution in [3.63, 3.8) is 0 Å². The number of halogens is 1. The summed E-state index contributed by atoms with van der Waals surface area (Å²) in [5.74, 6) is -0.0180. The molecule has 0 heterocycles. The van der Waals surface area contributed by atoms with Gasteiger partial charge in [0, 0.05) is 25.5 Å². The predicted molar refractivity (Wildman–Crippen MR) is 80.2 cm³/mol. The lowest BCUT2D eigenvalue weighted by Gasteiger charge is -2.07. The Morgan fingerprint density at radius 2 is 2.24 bits per heavy atom. The average molecular weight is 310 g/mol. The molecule has 0 unspecified atom stereocenters. The normalized spacial score (nSPS) is 10.7. The number of nitrogens with one attached hydrogen (secondary N) is 2. The Labute approximate surface area is 128 Å². The molecule has 1 aromatic rings. The number of nitrogens with zero attached hydrogens (tertiary/aromatic N) is 1. The van der Waals surface area contributed by atoms with Crippen LogP contribution >= 0.6 is 11.6 Å². The maximum atomic E-state index is 11.9. The van der Waals surface area contributed by atoms with Gasteiger partial charge in [-0.25, -0.2) is 0 Å². The average Bonchev–Trinajstić information content (AvgIpc) is 2.47. The lowest BCUT2D eigenvalue weighted by molar-refractivity contribution is -0.112. The van der Waals surface area contributed by atoms with Gasteiger partial charge in [-0.05, 0) is 18.2 Å². The van der Waals surface area contributed by atoms with Gasteiger partial charge < -0.3 is 20.1 Å². The molecule has 2 N–H and O–H groups in total. The van der Waals surface area contributed by atoms with Crippen LogP contribution in [0.1, 0.15) is 0 Å². The summed E-state index contributed by atoms with van der Waals surface area (Å²) in [5, 5.41) is 14.7. The molecule has 0 spiro atoms. The van der Waals surface area contributed by atoms with Crippen molar-refractivity contribution >= 4 is 23.2 Å². The molecule has 0 aliphatic carbocycles. The summed E-state index contributed by atoms with van der Waals surface area (Å²) in [6.07, 6.45) is 1.35. The number of anilines is 1. The number of methoxy groups -OCH3 is 2. The van der Waals surface area contributed by atoms with Crippen molar-refractivity contribution in [3.8, 4) is 11.8 Å². The first-order valence-electron chi connectivity index (χ1n) is 6.09. The summed E-state index contributed by atoms with van der Waals surface area (Å²) < 4.78 is 9.87. The lowest BCUT2D eigenvalue weighted by atomic mass is 10.2. The van der Waals surface area contributed by atoms with Gasteiger partial charge in [-0.15, -0.1) is 0 Å². The first-order chi connectivity index (χ1) is 10.1. The lowest BCUT2D eigenvalue weighted by Crippen LogP contribution is -2.18. The van der Waals surface area contributed by atoms with Crippen LogP contribution < -0.4 is 15.4 Å². The van der Waals surface area contributed by atoms with E-state index in [1.165, 1.54) is 13.3 Å². The zero-order chi connectivity index (χ0) is 15.7. The molecule has 112 valence electrons. The predicted octanol–water partition coefficient (Wildman–Crippen LogP) is 1.93. The molecule has 6 nitrogen and oxygen atoms in total. The van der Waals surface area contributed by atoms with Crippen molar-refractivity contribution in [2.75, 3.05) is 32.7 Å². The Kier molecular flexibility index (Phi) is 7.09. The highest BCUT2D eigenvalue weighted by Gasteiger charge is 2.10. The zero-order valence-corrected chi connectivity index (χ0v) is 12.5. The van der Waals surface area contributed by atoms with Crippen LogP contribution in [-0.4, -0.2) is 33.3 Å². The fourth-order valence-corrected chi connectivity index (χ4v) is 1.68. The monoisotopic (exact) mass is 309 g/mol. The van der Waals surface area contributed by atoms with Gasteiger partial charge in [0.2, 0.25) is 0 Å². The Bertz CT molecular complexity index is 567. The number of carbonyl (C=O) groups excluding carboxylic acids is 1. The standard InChI is InChI=1S/C14H16ClN3O3/c1-20-6-5-17-9-10(8-16)14(19)18-11-3-4-13(21-2)12(15)7-11/h3-4,7,9,17H,5-6H2,1-2H3,(H,18,19)/b10-9-. The molecule has 1 amide bonds. The molecule has 7 heteroatoms. The molecule has 0 bridgehead atoms. The number of hydrogen-bond donors (Lipinski definition) is 2. The molecular formula is C14H16ClN3O3. The minimum atomic E-state index is -0.524. The number of amides is 1. The van der Waals surface area contributed by atoms with Gasteiger partial charge in [0.05, 0.1) is 18.7 Å². The molecule has 1 aromatic carbocycles. The van der Waals surface area contributed by atoms with Crippen molar-refractivity contribution in [2.24, 2.45) is 0 Å². The number of carbonyl (C=O) groups is 1. The van der Waals surface area contributed by atoms with E-state index in [2.05, 4.69) is 10.6 Å². The molecule has 0 radical (unpaired) electrons. The molecule has 21 heavy (non-hydrogen) atoms. The van der Waals surface area contributed by atoms with Crippen molar-refractivity contribution in [1.82, 2.24) is 5.32 Å². The van der Waals surface area contributed by atoms with E-state index in [4.69, 9.17) is 26.3 Å². The van der Waals surface area contributed by atoms with Gasteiger partial charge in [-0.3, -0.25) is 4.79 Å². The van der Waals surface area contributed by atoms with E-state index in [1.54, 1.807) is 25.3 Å². The maximum absolute atomic E-state index is 11.9. The highest BCUT2D eigenvalue weighted by Crippen LogP contribution is 2.27. The Hall–Kier alpha value is -2.23. The maximum Gasteiger partial charge on any atom is 0.267 e. The molecule has 0 aliphatic rings. The molecule has 1 rings (SSSR count). The smallest absolute Gasteiger partial charge is 0.267 e. The van der Waals surface area contributed by atoms with Gasteiger partial charge in [-0.1, -0.05) is 11.6 Å². The van der Waals surface area contributed by atoms with Crippen LogP contribution in [0.25, 0.3) is 0 Å². The highest BCUT2D eigenvalue weighted by atomic mass is 35.5. The summed E-state index contributed by atoms with van der Waals surface area (Å²) in [4.78, 5) is 11.9. The number of hydrogen-bond acceptors (Lipinski definition) is 5. The van der Waals surface area contributed by atoms with Crippen molar-refractivity contribution in [3.05, 3.63) is 35.0 Å². The number of rotatable bonds is 7. The summed E-state index contributed by atoms with van der Waals surface area (Å²) in [6, 6.07) is 6.64. The SMILES string of the molecule is COCCN/C=C(/C#N)C(=O)Nc1ccc(OC)c(Cl)c1. The van der Waals surface area contributed by atoms with Crippen LogP contribution in [0, 0.1) is 11.3 Å². The van der Waals surface area contributed by atoms with Crippen LogP contribution in [0.3, 0.4) is 0 Å². The summed E-state index contributed by atoms with van der Waals surface area (Å²) in [6.45, 7) is 0.980. The van der Waals surface area contributed by atoms with Crippen LogP contribution in [0.4, 0.5) is 5.69 Å². The fourth-order valence-electron chi connectivity index (χ4n) is 1.43. The Morgan fingerprint density at radius 1 is 1.48 bits per heavy atom. The molecule has 0 saturated heterocycles. The topological polar surface area (TPSA) is 83.4 Å². The molecule has 0 aliphatic heterocycles. The first-order valence-corrected chi connectivity index (χ1v) is 6.47. The van der Waals surface area contributed by atoms with E-state index in [0.717, 1.165) is 0 Å². The van der Waals surface area contributed by atoms with Crippen LogP contribution in [0.5, 0.6) is 5.75 Å².